The van der Waals surface area contributed by atoms with Crippen LogP contribution in [0.2, 0.25) is 0 Å². The van der Waals surface area contributed by atoms with Crippen LogP contribution in [-0.2, 0) is 0 Å². The molecule has 108 valence electrons. The van der Waals surface area contributed by atoms with Gasteiger partial charge in [-0.1, -0.05) is 0 Å². The number of halogens is 1. The zero-order valence-electron chi connectivity index (χ0n) is 12.1. The van der Waals surface area contributed by atoms with Crippen LogP contribution in [0.5, 0.6) is 11.5 Å². The van der Waals surface area contributed by atoms with Crippen molar-refractivity contribution in [1.82, 2.24) is 0 Å². The topological polar surface area (TPSA) is 31.6 Å². The Balaban J connectivity index is 2.18. The van der Waals surface area contributed by atoms with Gasteiger partial charge in [0.25, 0.3) is 0 Å². The van der Waals surface area contributed by atoms with E-state index in [2.05, 4.69) is 22.6 Å². The lowest BCUT2D eigenvalue weighted by molar-refractivity contribution is 0.414. The molecule has 0 amide bonds. The van der Waals surface area contributed by atoms with Crippen molar-refractivity contribution >= 4 is 33.6 Å². The molecule has 0 aliphatic carbocycles. The van der Waals surface area contributed by atoms with E-state index in [4.69, 9.17) is 13.9 Å². The molecule has 0 atom stereocenters. The fraction of sp³-hybridized carbons (Fsp3) is 0.176. The van der Waals surface area contributed by atoms with Gasteiger partial charge < -0.3 is 13.9 Å². The average molecular weight is 394 g/mol. The van der Waals surface area contributed by atoms with E-state index < -0.39 is 0 Å². The Morgan fingerprint density at radius 2 is 1.62 bits per heavy atom. The van der Waals surface area contributed by atoms with Crippen molar-refractivity contribution in [3.63, 3.8) is 0 Å². The molecule has 1 aromatic heterocycles. The molecule has 0 bridgehead atoms. The van der Waals surface area contributed by atoms with Gasteiger partial charge >= 0.3 is 0 Å². The Hall–Kier alpha value is -1.69. The summed E-state index contributed by atoms with van der Waals surface area (Å²) in [6, 6.07) is 11.9. The second kappa shape index (κ2) is 5.60. The summed E-state index contributed by atoms with van der Waals surface area (Å²) in [5.41, 5.74) is 3.02. The Kier molecular flexibility index (Phi) is 3.80. The summed E-state index contributed by atoms with van der Waals surface area (Å²) >= 11 is 2.32. The molecule has 2 aromatic carbocycles. The molecule has 3 aromatic rings. The van der Waals surface area contributed by atoms with Crippen molar-refractivity contribution < 1.29 is 13.9 Å². The van der Waals surface area contributed by atoms with Crippen molar-refractivity contribution in [2.45, 2.75) is 6.92 Å². The number of furan rings is 1. The normalized spacial score (nSPS) is 10.9. The number of rotatable bonds is 3. The summed E-state index contributed by atoms with van der Waals surface area (Å²) in [7, 11) is 3.34. The lowest BCUT2D eigenvalue weighted by atomic mass is 10.1. The fourth-order valence-electron chi connectivity index (χ4n) is 2.35. The fourth-order valence-corrected chi connectivity index (χ4v) is 3.18. The first-order valence-electron chi connectivity index (χ1n) is 6.55. The second-order valence-electron chi connectivity index (χ2n) is 4.79. The van der Waals surface area contributed by atoms with E-state index in [1.54, 1.807) is 14.2 Å². The van der Waals surface area contributed by atoms with Crippen LogP contribution in [0, 0.1) is 10.5 Å². The summed E-state index contributed by atoms with van der Waals surface area (Å²) in [4.78, 5) is 0. The van der Waals surface area contributed by atoms with Crippen molar-refractivity contribution in [1.29, 1.82) is 0 Å². The van der Waals surface area contributed by atoms with Gasteiger partial charge in [0.1, 0.15) is 22.8 Å². The first kappa shape index (κ1) is 14.3. The number of hydrogen-bond donors (Lipinski definition) is 0. The first-order chi connectivity index (χ1) is 10.1. The van der Waals surface area contributed by atoms with E-state index in [0.717, 1.165) is 42.9 Å². The van der Waals surface area contributed by atoms with Gasteiger partial charge in [0.15, 0.2) is 0 Å². The van der Waals surface area contributed by atoms with Gasteiger partial charge in [0.2, 0.25) is 0 Å². The third-order valence-electron chi connectivity index (χ3n) is 3.48. The summed E-state index contributed by atoms with van der Waals surface area (Å²) in [6.45, 7) is 2.03. The monoisotopic (exact) mass is 394 g/mol. The van der Waals surface area contributed by atoms with Crippen LogP contribution in [-0.4, -0.2) is 14.2 Å². The zero-order valence-corrected chi connectivity index (χ0v) is 14.2. The minimum absolute atomic E-state index is 0.836. The Morgan fingerprint density at radius 3 is 2.24 bits per heavy atom. The maximum atomic E-state index is 6.08. The van der Waals surface area contributed by atoms with Crippen LogP contribution in [0.3, 0.4) is 0 Å². The molecule has 3 rings (SSSR count). The smallest absolute Gasteiger partial charge is 0.148 e. The Morgan fingerprint density at radius 1 is 0.952 bits per heavy atom. The van der Waals surface area contributed by atoms with Crippen LogP contribution in [0.25, 0.3) is 22.3 Å². The Bertz CT molecular complexity index is 788. The molecule has 0 saturated heterocycles. The minimum atomic E-state index is 0.836. The third-order valence-corrected chi connectivity index (χ3v) is 4.55. The first-order valence-corrected chi connectivity index (χ1v) is 7.63. The molecule has 21 heavy (non-hydrogen) atoms. The van der Waals surface area contributed by atoms with E-state index in [0.29, 0.717) is 0 Å². The molecule has 0 N–H and O–H groups in total. The van der Waals surface area contributed by atoms with E-state index >= 15 is 0 Å². The van der Waals surface area contributed by atoms with Crippen LogP contribution < -0.4 is 9.47 Å². The van der Waals surface area contributed by atoms with E-state index in [-0.39, 0.29) is 0 Å². The molecule has 4 heteroatoms. The highest BCUT2D eigenvalue weighted by molar-refractivity contribution is 14.1. The van der Waals surface area contributed by atoms with Crippen LogP contribution >= 0.6 is 22.6 Å². The van der Waals surface area contributed by atoms with Crippen LogP contribution in [0.1, 0.15) is 5.56 Å². The minimum Gasteiger partial charge on any atom is -0.497 e. The Labute approximate surface area is 137 Å². The van der Waals surface area contributed by atoms with Gasteiger partial charge in [-0.25, -0.2) is 0 Å². The van der Waals surface area contributed by atoms with Gasteiger partial charge in [0, 0.05) is 10.9 Å². The number of aryl methyl sites for hydroxylation is 1. The van der Waals surface area contributed by atoms with Crippen molar-refractivity contribution in [3.8, 4) is 22.8 Å². The van der Waals surface area contributed by atoms with Crippen molar-refractivity contribution in [2.75, 3.05) is 14.2 Å². The van der Waals surface area contributed by atoms with Gasteiger partial charge in [-0.2, -0.15) is 0 Å². The highest BCUT2D eigenvalue weighted by Crippen LogP contribution is 2.38. The summed E-state index contributed by atoms with van der Waals surface area (Å²) in [5, 5.41) is 1.08. The summed E-state index contributed by atoms with van der Waals surface area (Å²) in [6.07, 6.45) is 0. The van der Waals surface area contributed by atoms with E-state index in [9.17, 15) is 0 Å². The number of fused-ring (bicyclic) bond motifs is 1. The molecule has 0 aliphatic heterocycles. The molecule has 0 fully saturated rings. The quantitative estimate of drug-likeness (QED) is 0.584. The molecule has 0 aliphatic rings. The maximum Gasteiger partial charge on any atom is 0.148 e. The van der Waals surface area contributed by atoms with Crippen LogP contribution in [0.4, 0.5) is 0 Å². The predicted molar refractivity (Wildman–Crippen MR) is 92.2 cm³/mol. The van der Waals surface area contributed by atoms with Gasteiger partial charge in [-0.3, -0.25) is 0 Å². The number of hydrogen-bond acceptors (Lipinski definition) is 3. The molecule has 3 nitrogen and oxygen atoms in total. The molecule has 0 radical (unpaired) electrons. The lowest BCUT2D eigenvalue weighted by Crippen LogP contribution is -1.84. The third kappa shape index (κ3) is 2.48. The van der Waals surface area contributed by atoms with Gasteiger partial charge in [-0.05, 0) is 71.5 Å². The molecule has 0 saturated carbocycles. The van der Waals surface area contributed by atoms with Gasteiger partial charge in [-0.15, -0.1) is 0 Å². The summed E-state index contributed by atoms with van der Waals surface area (Å²) < 4.78 is 17.7. The second-order valence-corrected chi connectivity index (χ2v) is 5.87. The standard InChI is InChI=1S/C17H15IO3/c1-10-8-13(20-3)9-14-15(18)17(21-16(10)14)11-4-6-12(19-2)7-5-11/h4-9H,1-3H3. The number of benzene rings is 2. The summed E-state index contributed by atoms with van der Waals surface area (Å²) in [5.74, 6) is 2.56. The molecular weight excluding hydrogens is 379 g/mol. The predicted octanol–water partition coefficient (Wildman–Crippen LogP) is 5.03. The molecular formula is C17H15IO3. The van der Waals surface area contributed by atoms with Gasteiger partial charge in [0.05, 0.1) is 17.8 Å². The van der Waals surface area contributed by atoms with Crippen molar-refractivity contribution in [3.05, 3.63) is 45.5 Å². The highest BCUT2D eigenvalue weighted by Gasteiger charge is 2.16. The average Bonchev–Trinajstić information content (AvgIpc) is 2.85. The maximum absolute atomic E-state index is 6.08. The number of ether oxygens (including phenoxy) is 2. The molecule has 0 unspecified atom stereocenters. The zero-order chi connectivity index (χ0) is 15.0. The molecule has 1 heterocycles. The lowest BCUT2D eigenvalue weighted by Gasteiger charge is -2.01. The SMILES string of the molecule is COc1ccc(-c2oc3c(C)cc(OC)cc3c2I)cc1. The van der Waals surface area contributed by atoms with Crippen molar-refractivity contribution in [2.24, 2.45) is 0 Å². The molecule has 0 spiro atoms. The number of methoxy groups -OCH3 is 2. The largest absolute Gasteiger partial charge is 0.497 e. The highest BCUT2D eigenvalue weighted by atomic mass is 127. The van der Waals surface area contributed by atoms with E-state index in [1.807, 2.05) is 43.3 Å². The van der Waals surface area contributed by atoms with Crippen LogP contribution in [0.15, 0.2) is 40.8 Å². The van der Waals surface area contributed by atoms with E-state index in [1.165, 1.54) is 0 Å².